The molecule has 8 heteroatoms. The third kappa shape index (κ3) is 5.23. The Labute approximate surface area is 166 Å². The topological polar surface area (TPSA) is 70.1 Å². The summed E-state index contributed by atoms with van der Waals surface area (Å²) in [6, 6.07) is 14.3. The van der Waals surface area contributed by atoms with Gasteiger partial charge in [0.05, 0.1) is 17.9 Å². The lowest BCUT2D eigenvalue weighted by atomic mass is 10.1. The van der Waals surface area contributed by atoms with Crippen molar-refractivity contribution >= 4 is 17.5 Å². The van der Waals surface area contributed by atoms with Gasteiger partial charge >= 0.3 is 6.18 Å². The molecule has 0 bridgehead atoms. The lowest BCUT2D eigenvalue weighted by Gasteiger charge is -2.16. The Kier molecular flexibility index (Phi) is 6.03. The Morgan fingerprint density at radius 1 is 1.03 bits per heavy atom. The van der Waals surface area contributed by atoms with E-state index in [1.165, 1.54) is 6.07 Å². The Bertz CT molecular complexity index is 977. The van der Waals surface area contributed by atoms with Crippen LogP contribution in [0, 0.1) is 6.92 Å². The Morgan fingerprint density at radius 2 is 1.76 bits per heavy atom. The van der Waals surface area contributed by atoms with Gasteiger partial charge in [0.15, 0.2) is 0 Å². The van der Waals surface area contributed by atoms with E-state index in [9.17, 15) is 18.3 Å². The monoisotopic (exact) mass is 402 g/mol. The molecule has 1 atom stereocenters. The number of anilines is 3. The van der Waals surface area contributed by atoms with Crippen LogP contribution in [0.25, 0.3) is 11.3 Å². The molecular formula is C21H21F3N4O. The molecule has 0 aliphatic carbocycles. The highest BCUT2D eigenvalue weighted by atomic mass is 19.4. The molecule has 152 valence electrons. The molecule has 3 rings (SSSR count). The summed E-state index contributed by atoms with van der Waals surface area (Å²) in [5.41, 5.74) is 1.64. The van der Waals surface area contributed by atoms with Gasteiger partial charge in [0.1, 0.15) is 5.82 Å². The fraction of sp³-hybridized carbons (Fsp3) is 0.238. The highest BCUT2D eigenvalue weighted by molar-refractivity contribution is 5.69. The van der Waals surface area contributed by atoms with E-state index in [0.29, 0.717) is 22.8 Å². The van der Waals surface area contributed by atoms with Gasteiger partial charge in [0, 0.05) is 23.4 Å². The zero-order chi connectivity index (χ0) is 21.0. The summed E-state index contributed by atoms with van der Waals surface area (Å²) in [4.78, 5) is 8.81. The first-order valence-electron chi connectivity index (χ1n) is 9.03. The van der Waals surface area contributed by atoms with Crippen LogP contribution in [0.3, 0.4) is 0 Å². The number of hydrogen-bond acceptors (Lipinski definition) is 5. The van der Waals surface area contributed by atoms with E-state index in [-0.39, 0.29) is 18.6 Å². The Balaban J connectivity index is 2.01. The molecule has 0 aliphatic rings. The van der Waals surface area contributed by atoms with Gasteiger partial charge in [-0.2, -0.15) is 18.2 Å². The molecular weight excluding hydrogens is 381 g/mol. The minimum Gasteiger partial charge on any atom is -0.394 e. The first-order valence-corrected chi connectivity index (χ1v) is 9.03. The number of aromatic nitrogens is 2. The number of hydrogen-bond donors (Lipinski definition) is 3. The summed E-state index contributed by atoms with van der Waals surface area (Å²) in [6.45, 7) is 3.37. The van der Waals surface area contributed by atoms with Crippen LogP contribution in [0.15, 0.2) is 54.6 Å². The van der Waals surface area contributed by atoms with Gasteiger partial charge in [-0.15, -0.1) is 0 Å². The summed E-state index contributed by atoms with van der Waals surface area (Å²) >= 11 is 0. The molecule has 0 fully saturated rings. The summed E-state index contributed by atoms with van der Waals surface area (Å²) in [7, 11) is 0. The number of nitrogens with one attached hydrogen (secondary N) is 2. The molecule has 0 saturated heterocycles. The van der Waals surface area contributed by atoms with Crippen molar-refractivity contribution in [2.75, 3.05) is 17.2 Å². The van der Waals surface area contributed by atoms with Crippen LogP contribution in [0.5, 0.6) is 0 Å². The van der Waals surface area contributed by atoms with Crippen molar-refractivity contribution in [3.63, 3.8) is 0 Å². The van der Waals surface area contributed by atoms with Crippen LogP contribution in [0.2, 0.25) is 0 Å². The molecule has 0 amide bonds. The largest absolute Gasteiger partial charge is 0.416 e. The van der Waals surface area contributed by atoms with Crippen LogP contribution < -0.4 is 10.6 Å². The molecule has 0 aliphatic heterocycles. The minimum absolute atomic E-state index is 0.117. The molecule has 0 saturated carbocycles. The van der Waals surface area contributed by atoms with Crippen molar-refractivity contribution in [1.82, 2.24) is 9.97 Å². The third-order valence-electron chi connectivity index (χ3n) is 4.27. The van der Waals surface area contributed by atoms with E-state index in [1.807, 2.05) is 30.3 Å². The summed E-state index contributed by atoms with van der Waals surface area (Å²) in [5, 5.41) is 15.2. The van der Waals surface area contributed by atoms with Crippen molar-refractivity contribution in [3.8, 4) is 11.3 Å². The number of rotatable bonds is 6. The average molecular weight is 402 g/mol. The van der Waals surface area contributed by atoms with Crippen LogP contribution >= 0.6 is 0 Å². The zero-order valence-corrected chi connectivity index (χ0v) is 16.0. The van der Waals surface area contributed by atoms with E-state index in [0.717, 1.165) is 17.7 Å². The van der Waals surface area contributed by atoms with E-state index < -0.39 is 11.7 Å². The molecule has 0 unspecified atom stereocenters. The number of nitrogens with zero attached hydrogens (tertiary/aromatic N) is 2. The zero-order valence-electron chi connectivity index (χ0n) is 16.0. The molecule has 2 aromatic carbocycles. The predicted molar refractivity (Wildman–Crippen MR) is 107 cm³/mol. The molecule has 29 heavy (non-hydrogen) atoms. The summed E-state index contributed by atoms with van der Waals surface area (Å²) < 4.78 is 39.2. The maximum atomic E-state index is 13.1. The van der Waals surface area contributed by atoms with Crippen LogP contribution in [-0.4, -0.2) is 27.7 Å². The quantitative estimate of drug-likeness (QED) is 0.541. The number of aryl methyl sites for hydroxylation is 1. The summed E-state index contributed by atoms with van der Waals surface area (Å²) in [5.74, 6) is 0.606. The molecule has 0 radical (unpaired) electrons. The number of halogens is 3. The van der Waals surface area contributed by atoms with Gasteiger partial charge < -0.3 is 15.7 Å². The number of alkyl halides is 3. The molecule has 3 N–H and O–H groups in total. The maximum Gasteiger partial charge on any atom is 0.416 e. The highest BCUT2D eigenvalue weighted by Crippen LogP contribution is 2.33. The average Bonchev–Trinajstić information content (AvgIpc) is 2.69. The fourth-order valence-electron chi connectivity index (χ4n) is 2.67. The number of aliphatic hydroxyl groups excluding tert-OH is 1. The lowest BCUT2D eigenvalue weighted by Crippen LogP contribution is -2.21. The fourth-order valence-corrected chi connectivity index (χ4v) is 2.67. The Morgan fingerprint density at radius 3 is 2.41 bits per heavy atom. The van der Waals surface area contributed by atoms with Crippen molar-refractivity contribution in [3.05, 3.63) is 65.7 Å². The van der Waals surface area contributed by atoms with Crippen LogP contribution in [-0.2, 0) is 6.18 Å². The number of aliphatic hydroxyl groups is 1. The van der Waals surface area contributed by atoms with E-state index >= 15 is 0 Å². The third-order valence-corrected chi connectivity index (χ3v) is 4.27. The van der Waals surface area contributed by atoms with Gasteiger partial charge in [0.25, 0.3) is 0 Å². The molecule has 5 nitrogen and oxygen atoms in total. The molecule has 0 spiro atoms. The van der Waals surface area contributed by atoms with Crippen LogP contribution in [0.4, 0.5) is 30.6 Å². The van der Waals surface area contributed by atoms with Crippen molar-refractivity contribution in [2.45, 2.75) is 26.1 Å². The van der Waals surface area contributed by atoms with E-state index in [2.05, 4.69) is 20.6 Å². The normalized spacial score (nSPS) is 12.5. The second-order valence-corrected chi connectivity index (χ2v) is 6.71. The predicted octanol–water partition coefficient (Wildman–Crippen LogP) is 5.01. The smallest absolute Gasteiger partial charge is 0.394 e. The first-order chi connectivity index (χ1) is 13.8. The van der Waals surface area contributed by atoms with Crippen molar-refractivity contribution in [1.29, 1.82) is 0 Å². The maximum absolute atomic E-state index is 13.1. The Hall–Kier alpha value is -3.13. The lowest BCUT2D eigenvalue weighted by molar-refractivity contribution is -0.137. The SMILES string of the molecule is Cc1ccc(C(F)(F)F)cc1Nc1cc(-c2ccccc2)nc(N[C@@H](C)CO)n1. The molecule has 1 heterocycles. The van der Waals surface area contributed by atoms with Gasteiger partial charge in [-0.3, -0.25) is 0 Å². The number of benzene rings is 2. The molecule has 1 aromatic heterocycles. The van der Waals surface area contributed by atoms with E-state index in [4.69, 9.17) is 0 Å². The second-order valence-electron chi connectivity index (χ2n) is 6.71. The molecule has 3 aromatic rings. The summed E-state index contributed by atoms with van der Waals surface area (Å²) in [6.07, 6.45) is -4.44. The first kappa shape index (κ1) is 20.6. The van der Waals surface area contributed by atoms with E-state index in [1.54, 1.807) is 19.9 Å². The highest BCUT2D eigenvalue weighted by Gasteiger charge is 2.30. The minimum atomic E-state index is -4.44. The van der Waals surface area contributed by atoms with Gasteiger partial charge in [-0.1, -0.05) is 36.4 Å². The van der Waals surface area contributed by atoms with Crippen molar-refractivity contribution in [2.24, 2.45) is 0 Å². The second kappa shape index (κ2) is 8.48. The van der Waals surface area contributed by atoms with Crippen molar-refractivity contribution < 1.29 is 18.3 Å². The van der Waals surface area contributed by atoms with Gasteiger partial charge in [-0.25, -0.2) is 4.98 Å². The standard InChI is InChI=1S/C21H21F3N4O/c1-13-8-9-16(21(22,23)24)10-17(13)26-19-11-18(15-6-4-3-5-7-15)27-20(28-19)25-14(2)12-29/h3-11,14,29H,12H2,1-2H3,(H2,25,26,27,28)/t14-/m0/s1. The van der Waals surface area contributed by atoms with Crippen LogP contribution in [0.1, 0.15) is 18.1 Å². The van der Waals surface area contributed by atoms with Gasteiger partial charge in [0.2, 0.25) is 5.95 Å². The van der Waals surface area contributed by atoms with Gasteiger partial charge in [-0.05, 0) is 31.5 Å².